The van der Waals surface area contributed by atoms with Crippen molar-refractivity contribution >= 4 is 17.6 Å². The van der Waals surface area contributed by atoms with E-state index in [1.807, 2.05) is 6.92 Å². The second-order valence-corrected chi connectivity index (χ2v) is 4.36. The predicted octanol–water partition coefficient (Wildman–Crippen LogP) is 0.526. The molecule has 0 radical (unpaired) electrons. The maximum absolute atomic E-state index is 11.8. The second-order valence-electron chi connectivity index (χ2n) is 4.36. The number of hydrogen-bond acceptors (Lipinski definition) is 4. The molecule has 2 rings (SSSR count). The third kappa shape index (κ3) is 3.03. The number of carbonyl (C=O) groups excluding carboxylic acids is 2. The molecular formula is C12H17N3O3. The van der Waals surface area contributed by atoms with Crippen molar-refractivity contribution in [2.45, 2.75) is 32.4 Å². The number of aromatic nitrogens is 1. The highest BCUT2D eigenvalue weighted by molar-refractivity contribution is 5.91. The van der Waals surface area contributed by atoms with Gasteiger partial charge in [0.05, 0.1) is 5.69 Å². The quantitative estimate of drug-likeness (QED) is 0.747. The monoisotopic (exact) mass is 251 g/mol. The van der Waals surface area contributed by atoms with Gasteiger partial charge in [-0.3, -0.25) is 4.79 Å². The molecule has 0 spiro atoms. The Morgan fingerprint density at radius 3 is 2.89 bits per heavy atom. The third-order valence-electron chi connectivity index (χ3n) is 2.74. The molecule has 0 aliphatic heterocycles. The smallest absolute Gasteiger partial charge is 0.355 e. The van der Waals surface area contributed by atoms with Crippen molar-refractivity contribution in [3.63, 3.8) is 0 Å². The number of nitrogens with two attached hydrogens (primary N) is 1. The van der Waals surface area contributed by atoms with Gasteiger partial charge in [0.2, 0.25) is 0 Å². The van der Waals surface area contributed by atoms with Gasteiger partial charge in [0, 0.05) is 18.8 Å². The molecule has 18 heavy (non-hydrogen) atoms. The molecule has 1 aliphatic carbocycles. The number of nitrogens with one attached hydrogen (secondary N) is 1. The standard InChI is InChI=1S/C12H17N3O3/c1-2-15-6-8(13)5-10(15)12(17)18-7-11(16)14-9-3-4-9/h5-6,9H,2-4,7,13H2,1H3,(H,14,16). The molecule has 0 saturated heterocycles. The molecule has 6 heteroatoms. The van der Waals surface area contributed by atoms with Gasteiger partial charge in [-0.25, -0.2) is 4.79 Å². The van der Waals surface area contributed by atoms with Gasteiger partial charge in [-0.05, 0) is 25.8 Å². The highest BCUT2D eigenvalue weighted by atomic mass is 16.5. The topological polar surface area (TPSA) is 86.3 Å². The summed E-state index contributed by atoms with van der Waals surface area (Å²) in [6.07, 6.45) is 3.69. The Hall–Kier alpha value is -1.98. The first-order valence-electron chi connectivity index (χ1n) is 6.02. The van der Waals surface area contributed by atoms with Crippen LogP contribution in [0.15, 0.2) is 12.3 Å². The lowest BCUT2D eigenvalue weighted by Gasteiger charge is -2.07. The average molecular weight is 251 g/mol. The largest absolute Gasteiger partial charge is 0.451 e. The summed E-state index contributed by atoms with van der Waals surface area (Å²) in [7, 11) is 0. The van der Waals surface area contributed by atoms with E-state index in [4.69, 9.17) is 10.5 Å². The molecule has 1 aliphatic rings. The normalized spacial score (nSPS) is 14.3. The van der Waals surface area contributed by atoms with Gasteiger partial charge in [0.1, 0.15) is 5.69 Å². The Bertz CT molecular complexity index is 463. The molecule has 0 aromatic carbocycles. The molecule has 1 aromatic rings. The number of aryl methyl sites for hydroxylation is 1. The van der Waals surface area contributed by atoms with Gasteiger partial charge in [-0.2, -0.15) is 0 Å². The molecule has 0 bridgehead atoms. The summed E-state index contributed by atoms with van der Waals surface area (Å²) in [5, 5.41) is 2.75. The summed E-state index contributed by atoms with van der Waals surface area (Å²) in [5.74, 6) is -0.784. The second kappa shape index (κ2) is 5.12. The van der Waals surface area contributed by atoms with Gasteiger partial charge < -0.3 is 20.4 Å². The molecule has 98 valence electrons. The SMILES string of the molecule is CCn1cc(N)cc1C(=O)OCC(=O)NC1CC1. The molecule has 1 fully saturated rings. The van der Waals surface area contributed by atoms with Crippen molar-refractivity contribution in [1.82, 2.24) is 9.88 Å². The van der Waals surface area contributed by atoms with Crippen LogP contribution in [-0.4, -0.2) is 29.1 Å². The minimum atomic E-state index is -0.528. The van der Waals surface area contributed by atoms with Crippen molar-refractivity contribution in [3.8, 4) is 0 Å². The third-order valence-corrected chi connectivity index (χ3v) is 2.74. The summed E-state index contributed by atoms with van der Waals surface area (Å²) in [4.78, 5) is 23.1. The highest BCUT2D eigenvalue weighted by Crippen LogP contribution is 2.18. The van der Waals surface area contributed by atoms with Crippen LogP contribution in [0.1, 0.15) is 30.3 Å². The Morgan fingerprint density at radius 2 is 2.28 bits per heavy atom. The van der Waals surface area contributed by atoms with Crippen LogP contribution in [0.2, 0.25) is 0 Å². The van der Waals surface area contributed by atoms with Gasteiger partial charge >= 0.3 is 5.97 Å². The number of ether oxygens (including phenoxy) is 1. The van der Waals surface area contributed by atoms with Gasteiger partial charge in [0.15, 0.2) is 6.61 Å². The fraction of sp³-hybridized carbons (Fsp3) is 0.500. The number of anilines is 1. The van der Waals surface area contributed by atoms with E-state index in [1.165, 1.54) is 0 Å². The van der Waals surface area contributed by atoms with Crippen LogP contribution in [0, 0.1) is 0 Å². The number of amides is 1. The zero-order valence-corrected chi connectivity index (χ0v) is 10.3. The molecule has 1 heterocycles. The fourth-order valence-corrected chi connectivity index (χ4v) is 1.67. The molecule has 6 nitrogen and oxygen atoms in total. The summed E-state index contributed by atoms with van der Waals surface area (Å²) < 4.78 is 6.64. The van der Waals surface area contributed by atoms with E-state index in [0.29, 0.717) is 17.9 Å². The van der Waals surface area contributed by atoms with Crippen LogP contribution in [0.4, 0.5) is 5.69 Å². The van der Waals surface area contributed by atoms with Crippen LogP contribution in [0.25, 0.3) is 0 Å². The highest BCUT2D eigenvalue weighted by Gasteiger charge is 2.24. The van der Waals surface area contributed by atoms with Crippen LogP contribution >= 0.6 is 0 Å². The molecule has 1 amide bonds. The van der Waals surface area contributed by atoms with Gasteiger partial charge in [0.25, 0.3) is 5.91 Å². The number of nitrogen functional groups attached to an aromatic ring is 1. The van der Waals surface area contributed by atoms with E-state index in [2.05, 4.69) is 5.32 Å². The Kier molecular flexibility index (Phi) is 3.55. The summed E-state index contributed by atoms with van der Waals surface area (Å²) in [6.45, 7) is 2.27. The minimum Gasteiger partial charge on any atom is -0.451 e. The lowest BCUT2D eigenvalue weighted by atomic mass is 10.4. The lowest BCUT2D eigenvalue weighted by Crippen LogP contribution is -2.30. The number of carbonyl (C=O) groups is 2. The van der Waals surface area contributed by atoms with E-state index in [9.17, 15) is 9.59 Å². The van der Waals surface area contributed by atoms with E-state index in [-0.39, 0.29) is 18.6 Å². The maximum Gasteiger partial charge on any atom is 0.355 e. The van der Waals surface area contributed by atoms with Crippen molar-refractivity contribution < 1.29 is 14.3 Å². The number of hydrogen-bond donors (Lipinski definition) is 2. The van der Waals surface area contributed by atoms with Crippen molar-refractivity contribution in [2.75, 3.05) is 12.3 Å². The zero-order chi connectivity index (χ0) is 13.1. The Morgan fingerprint density at radius 1 is 1.56 bits per heavy atom. The van der Waals surface area contributed by atoms with Crippen molar-refractivity contribution in [2.24, 2.45) is 0 Å². The first-order chi connectivity index (χ1) is 8.60. The van der Waals surface area contributed by atoms with Gasteiger partial charge in [-0.1, -0.05) is 0 Å². The van der Waals surface area contributed by atoms with Crippen LogP contribution < -0.4 is 11.1 Å². The first kappa shape index (κ1) is 12.5. The van der Waals surface area contributed by atoms with E-state index in [0.717, 1.165) is 12.8 Å². The van der Waals surface area contributed by atoms with Gasteiger partial charge in [-0.15, -0.1) is 0 Å². The van der Waals surface area contributed by atoms with E-state index >= 15 is 0 Å². The summed E-state index contributed by atoms with van der Waals surface area (Å²) in [5.41, 5.74) is 6.49. The summed E-state index contributed by atoms with van der Waals surface area (Å²) in [6, 6.07) is 1.82. The molecule has 0 unspecified atom stereocenters. The number of nitrogens with zero attached hydrogens (tertiary/aromatic N) is 1. The Balaban J connectivity index is 1.88. The molecule has 1 aromatic heterocycles. The molecule has 0 atom stereocenters. The maximum atomic E-state index is 11.8. The first-order valence-corrected chi connectivity index (χ1v) is 6.02. The van der Waals surface area contributed by atoms with Crippen LogP contribution in [0.3, 0.4) is 0 Å². The van der Waals surface area contributed by atoms with Crippen molar-refractivity contribution in [3.05, 3.63) is 18.0 Å². The van der Waals surface area contributed by atoms with Crippen LogP contribution in [-0.2, 0) is 16.1 Å². The average Bonchev–Trinajstić information content (AvgIpc) is 3.06. The zero-order valence-electron chi connectivity index (χ0n) is 10.3. The fourth-order valence-electron chi connectivity index (χ4n) is 1.67. The lowest BCUT2D eigenvalue weighted by molar-refractivity contribution is -0.124. The predicted molar refractivity (Wildman–Crippen MR) is 66.0 cm³/mol. The number of rotatable bonds is 5. The molecular weight excluding hydrogens is 234 g/mol. The molecule has 3 N–H and O–H groups in total. The van der Waals surface area contributed by atoms with Crippen molar-refractivity contribution in [1.29, 1.82) is 0 Å². The van der Waals surface area contributed by atoms with E-state index in [1.54, 1.807) is 16.8 Å². The van der Waals surface area contributed by atoms with Crippen LogP contribution in [0.5, 0.6) is 0 Å². The van der Waals surface area contributed by atoms with E-state index < -0.39 is 5.97 Å². The minimum absolute atomic E-state index is 0.246. The Labute approximate surface area is 105 Å². The summed E-state index contributed by atoms with van der Waals surface area (Å²) >= 11 is 0. The number of esters is 1. The molecule has 1 saturated carbocycles.